The fourth-order valence-electron chi connectivity index (χ4n) is 2.85. The molecule has 0 saturated heterocycles. The second-order valence-corrected chi connectivity index (χ2v) is 6.90. The molecule has 0 aliphatic heterocycles. The van der Waals surface area contributed by atoms with Gasteiger partial charge in [-0.3, -0.25) is 4.99 Å². The monoisotopic (exact) mass is 474 g/mol. The summed E-state index contributed by atoms with van der Waals surface area (Å²) in [6.07, 6.45) is 5.53. The van der Waals surface area contributed by atoms with Gasteiger partial charge in [-0.15, -0.1) is 24.0 Å². The summed E-state index contributed by atoms with van der Waals surface area (Å²) in [5.74, 6) is 2.15. The molecule has 0 fully saturated rings. The molecule has 2 aromatic rings. The highest BCUT2D eigenvalue weighted by molar-refractivity contribution is 14.0. The summed E-state index contributed by atoms with van der Waals surface area (Å²) in [6.45, 7) is 6.93. The number of unbranched alkanes of at least 4 members (excludes halogenated alkanes) is 1. The van der Waals surface area contributed by atoms with Crippen molar-refractivity contribution in [3.05, 3.63) is 35.5 Å². The van der Waals surface area contributed by atoms with E-state index in [1.54, 1.807) is 0 Å². The Balaban J connectivity index is 0.00000312. The van der Waals surface area contributed by atoms with Crippen molar-refractivity contribution in [1.82, 2.24) is 15.6 Å². The second kappa shape index (κ2) is 12.5. The normalized spacial score (nSPS) is 11.4. The first-order valence-corrected chi connectivity index (χ1v) is 10.2. The van der Waals surface area contributed by atoms with Crippen molar-refractivity contribution >= 4 is 52.6 Å². The topological polar surface area (TPSA) is 52.2 Å². The van der Waals surface area contributed by atoms with Gasteiger partial charge in [0.2, 0.25) is 0 Å². The van der Waals surface area contributed by atoms with Gasteiger partial charge in [0.05, 0.1) is 0 Å². The van der Waals surface area contributed by atoms with Crippen molar-refractivity contribution in [2.24, 2.45) is 4.99 Å². The Bertz CT molecular complexity index is 654. The van der Waals surface area contributed by atoms with E-state index in [0.29, 0.717) is 0 Å². The Labute approximate surface area is 173 Å². The number of guanidine groups is 1. The van der Waals surface area contributed by atoms with Gasteiger partial charge in [-0.05, 0) is 56.7 Å². The van der Waals surface area contributed by atoms with Crippen LogP contribution >= 0.6 is 35.7 Å². The maximum absolute atomic E-state index is 4.67. The second-order valence-electron chi connectivity index (χ2n) is 5.91. The molecule has 2 rings (SSSR count). The average Bonchev–Trinajstić information content (AvgIpc) is 2.90. The van der Waals surface area contributed by atoms with Gasteiger partial charge in [0.1, 0.15) is 0 Å². The van der Waals surface area contributed by atoms with Crippen LogP contribution in [0, 0.1) is 6.92 Å². The van der Waals surface area contributed by atoms with Crippen LogP contribution in [0.15, 0.2) is 29.3 Å². The van der Waals surface area contributed by atoms with Gasteiger partial charge in [-0.2, -0.15) is 11.8 Å². The number of halogens is 1. The summed E-state index contributed by atoms with van der Waals surface area (Å²) in [7, 11) is 0. The Morgan fingerprint density at radius 3 is 2.76 bits per heavy atom. The van der Waals surface area contributed by atoms with Crippen LogP contribution in [0.25, 0.3) is 10.9 Å². The molecule has 1 aromatic carbocycles. The SMILES string of the molecule is CCNC(=NCCCCSC)NCCc1c(C)[nH]c2ccccc12.I. The van der Waals surface area contributed by atoms with E-state index in [-0.39, 0.29) is 24.0 Å². The lowest BCUT2D eigenvalue weighted by atomic mass is 10.1. The highest BCUT2D eigenvalue weighted by Gasteiger charge is 2.07. The van der Waals surface area contributed by atoms with E-state index in [1.165, 1.54) is 34.3 Å². The minimum absolute atomic E-state index is 0. The minimum Gasteiger partial charge on any atom is -0.358 e. The van der Waals surface area contributed by atoms with Gasteiger partial charge >= 0.3 is 0 Å². The smallest absolute Gasteiger partial charge is 0.191 e. The number of fused-ring (bicyclic) bond motifs is 1. The molecule has 25 heavy (non-hydrogen) atoms. The first-order valence-electron chi connectivity index (χ1n) is 8.83. The van der Waals surface area contributed by atoms with Crippen LogP contribution in [0.2, 0.25) is 0 Å². The van der Waals surface area contributed by atoms with Crippen molar-refractivity contribution in [3.8, 4) is 0 Å². The standard InChI is InChI=1S/C19H30N4S.HI/c1-4-20-19(21-12-7-8-14-24-3)22-13-11-16-15(2)23-18-10-6-5-9-17(16)18;/h5-6,9-10,23H,4,7-8,11-14H2,1-3H3,(H2,20,21,22);1H. The maximum Gasteiger partial charge on any atom is 0.191 e. The number of hydrogen-bond acceptors (Lipinski definition) is 2. The van der Waals surface area contributed by atoms with E-state index < -0.39 is 0 Å². The van der Waals surface area contributed by atoms with Crippen molar-refractivity contribution in [2.45, 2.75) is 33.1 Å². The number of hydrogen-bond donors (Lipinski definition) is 3. The molecule has 0 radical (unpaired) electrons. The quantitative estimate of drug-likeness (QED) is 0.220. The molecular formula is C19H31IN4S. The van der Waals surface area contributed by atoms with Gasteiger partial charge < -0.3 is 15.6 Å². The Morgan fingerprint density at radius 1 is 1.20 bits per heavy atom. The van der Waals surface area contributed by atoms with Crippen molar-refractivity contribution in [2.75, 3.05) is 31.6 Å². The van der Waals surface area contributed by atoms with Gasteiger partial charge in [-0.25, -0.2) is 0 Å². The van der Waals surface area contributed by atoms with Crippen molar-refractivity contribution in [3.63, 3.8) is 0 Å². The molecule has 0 unspecified atom stereocenters. The average molecular weight is 474 g/mol. The number of nitrogens with one attached hydrogen (secondary N) is 3. The fourth-order valence-corrected chi connectivity index (χ4v) is 3.35. The number of H-pyrrole nitrogens is 1. The third kappa shape index (κ3) is 7.09. The summed E-state index contributed by atoms with van der Waals surface area (Å²) in [5, 5.41) is 8.12. The van der Waals surface area contributed by atoms with Crippen LogP contribution in [-0.4, -0.2) is 42.6 Å². The van der Waals surface area contributed by atoms with Crippen molar-refractivity contribution < 1.29 is 0 Å². The first-order chi connectivity index (χ1) is 11.8. The molecule has 0 aliphatic carbocycles. The molecule has 4 nitrogen and oxygen atoms in total. The summed E-state index contributed by atoms with van der Waals surface area (Å²) < 4.78 is 0. The first kappa shape index (κ1) is 22.2. The highest BCUT2D eigenvalue weighted by Crippen LogP contribution is 2.21. The summed E-state index contributed by atoms with van der Waals surface area (Å²) >= 11 is 1.90. The van der Waals surface area contributed by atoms with Crippen LogP contribution in [0.1, 0.15) is 31.0 Å². The molecule has 0 bridgehead atoms. The number of aromatic nitrogens is 1. The number of aromatic amines is 1. The molecule has 0 amide bonds. The molecule has 0 saturated carbocycles. The van der Waals surface area contributed by atoms with E-state index in [2.05, 4.69) is 65.0 Å². The number of benzene rings is 1. The molecule has 1 heterocycles. The molecule has 0 aliphatic rings. The van der Waals surface area contributed by atoms with Crippen LogP contribution in [0.3, 0.4) is 0 Å². The fraction of sp³-hybridized carbons (Fsp3) is 0.526. The lowest BCUT2D eigenvalue weighted by molar-refractivity contribution is 0.770. The molecule has 140 valence electrons. The van der Waals surface area contributed by atoms with Gasteiger partial charge in [-0.1, -0.05) is 18.2 Å². The number of aliphatic imine (C=N–C) groups is 1. The summed E-state index contributed by atoms with van der Waals surface area (Å²) in [6, 6.07) is 8.51. The van der Waals surface area contributed by atoms with Crippen molar-refractivity contribution in [1.29, 1.82) is 0 Å². The van der Waals surface area contributed by atoms with Gasteiger partial charge in [0.15, 0.2) is 5.96 Å². The third-order valence-electron chi connectivity index (χ3n) is 4.07. The van der Waals surface area contributed by atoms with E-state index in [9.17, 15) is 0 Å². The number of aryl methyl sites for hydroxylation is 1. The minimum atomic E-state index is 0. The number of nitrogens with zero attached hydrogens (tertiary/aromatic N) is 1. The number of para-hydroxylation sites is 1. The summed E-state index contributed by atoms with van der Waals surface area (Å²) in [4.78, 5) is 8.13. The van der Waals surface area contributed by atoms with E-state index >= 15 is 0 Å². The molecular weight excluding hydrogens is 443 g/mol. The largest absolute Gasteiger partial charge is 0.358 e. The van der Waals surface area contributed by atoms with Crippen LogP contribution in [0.4, 0.5) is 0 Å². The lowest BCUT2D eigenvalue weighted by Gasteiger charge is -2.11. The van der Waals surface area contributed by atoms with Gasteiger partial charge in [0.25, 0.3) is 0 Å². The predicted octanol–water partition coefficient (Wildman–Crippen LogP) is 4.34. The molecule has 0 spiro atoms. The number of thioether (sulfide) groups is 1. The lowest BCUT2D eigenvalue weighted by Crippen LogP contribution is -2.38. The third-order valence-corrected chi connectivity index (χ3v) is 4.76. The molecule has 6 heteroatoms. The Kier molecular flexibility index (Phi) is 11.0. The molecule has 3 N–H and O–H groups in total. The zero-order chi connectivity index (χ0) is 17.2. The van der Waals surface area contributed by atoms with Crippen LogP contribution < -0.4 is 10.6 Å². The zero-order valence-electron chi connectivity index (χ0n) is 15.5. The molecule has 1 aromatic heterocycles. The Hall–Kier alpha value is -0.890. The van der Waals surface area contributed by atoms with Crippen LogP contribution in [-0.2, 0) is 6.42 Å². The van der Waals surface area contributed by atoms with E-state index in [1.807, 2.05) is 11.8 Å². The van der Waals surface area contributed by atoms with Crippen LogP contribution in [0.5, 0.6) is 0 Å². The zero-order valence-corrected chi connectivity index (χ0v) is 18.7. The van der Waals surface area contributed by atoms with Gasteiger partial charge in [0, 0.05) is 36.2 Å². The predicted molar refractivity (Wildman–Crippen MR) is 124 cm³/mol. The Morgan fingerprint density at radius 2 is 2.00 bits per heavy atom. The summed E-state index contributed by atoms with van der Waals surface area (Å²) in [5.41, 5.74) is 3.88. The van der Waals surface area contributed by atoms with E-state index in [4.69, 9.17) is 0 Å². The highest BCUT2D eigenvalue weighted by atomic mass is 127. The van der Waals surface area contributed by atoms with E-state index in [0.717, 1.165) is 38.4 Å². The number of rotatable bonds is 9. The maximum atomic E-state index is 4.67. The molecule has 0 atom stereocenters.